The van der Waals surface area contributed by atoms with Gasteiger partial charge in [-0.25, -0.2) is 13.8 Å². The Labute approximate surface area is 149 Å². The number of halogens is 3. The summed E-state index contributed by atoms with van der Waals surface area (Å²) in [6, 6.07) is 5.83. The zero-order valence-electron chi connectivity index (χ0n) is 12.9. The number of anilines is 1. The molecule has 0 bridgehead atoms. The Morgan fingerprint density at radius 1 is 1.33 bits per heavy atom. The molecule has 0 saturated heterocycles. The fraction of sp³-hybridized carbons (Fsp3) is 0.250. The van der Waals surface area contributed by atoms with E-state index in [0.717, 1.165) is 0 Å². The summed E-state index contributed by atoms with van der Waals surface area (Å²) >= 11 is 11.1. The summed E-state index contributed by atoms with van der Waals surface area (Å²) in [6.07, 6.45) is 1.68. The van der Waals surface area contributed by atoms with Crippen LogP contribution in [0.25, 0.3) is 0 Å². The molecule has 128 valence electrons. The zero-order chi connectivity index (χ0) is 17.5. The maximum absolute atomic E-state index is 14.2. The Bertz CT molecular complexity index is 730. The third-order valence-electron chi connectivity index (χ3n) is 3.10. The molecule has 0 atom stereocenters. The van der Waals surface area contributed by atoms with Crippen molar-refractivity contribution in [2.24, 2.45) is 0 Å². The number of nitrogens with one attached hydrogen (secondary N) is 2. The van der Waals surface area contributed by atoms with E-state index in [1.807, 2.05) is 0 Å². The number of benzene rings is 1. The van der Waals surface area contributed by atoms with Crippen molar-refractivity contribution in [2.45, 2.75) is 13.3 Å². The minimum absolute atomic E-state index is 0.0369. The molecule has 2 N–H and O–H groups in total. The molecule has 0 aliphatic heterocycles. The van der Waals surface area contributed by atoms with Crippen molar-refractivity contribution in [3.8, 4) is 5.75 Å². The minimum atomic E-state index is -0.690. The molecular weight excluding hydrogens is 356 g/mol. The van der Waals surface area contributed by atoms with Crippen molar-refractivity contribution >= 4 is 34.7 Å². The van der Waals surface area contributed by atoms with Crippen LogP contribution in [-0.4, -0.2) is 23.2 Å². The molecule has 0 aliphatic rings. The summed E-state index contributed by atoms with van der Waals surface area (Å²) in [5.74, 6) is -0.864. The molecule has 1 heterocycles. The minimum Gasteiger partial charge on any atom is -0.491 e. The predicted molar refractivity (Wildman–Crippen MR) is 94.7 cm³/mol. The van der Waals surface area contributed by atoms with Gasteiger partial charge in [0.1, 0.15) is 5.82 Å². The van der Waals surface area contributed by atoms with Crippen molar-refractivity contribution in [1.82, 2.24) is 10.3 Å². The smallest absolute Gasteiger partial charge is 0.171 e. The van der Waals surface area contributed by atoms with Gasteiger partial charge in [0.25, 0.3) is 0 Å². The Morgan fingerprint density at radius 2 is 2.12 bits per heavy atom. The van der Waals surface area contributed by atoms with Gasteiger partial charge in [0.05, 0.1) is 11.6 Å². The van der Waals surface area contributed by atoms with Crippen LogP contribution in [0, 0.1) is 11.6 Å². The molecule has 0 spiro atoms. The van der Waals surface area contributed by atoms with E-state index in [4.69, 9.17) is 28.6 Å². The molecular formula is C16H16ClF2N3OS. The second-order valence-electron chi connectivity index (χ2n) is 4.74. The predicted octanol–water partition coefficient (Wildman–Crippen LogP) is 3.94. The lowest BCUT2D eigenvalue weighted by molar-refractivity contribution is 0.318. The topological polar surface area (TPSA) is 46.2 Å². The van der Waals surface area contributed by atoms with E-state index in [1.54, 1.807) is 25.3 Å². The third kappa shape index (κ3) is 4.75. The molecule has 0 saturated carbocycles. The molecule has 4 nitrogen and oxygen atoms in total. The lowest BCUT2D eigenvalue weighted by Gasteiger charge is -2.12. The van der Waals surface area contributed by atoms with E-state index >= 15 is 0 Å². The highest BCUT2D eigenvalue weighted by Gasteiger charge is 2.14. The van der Waals surface area contributed by atoms with Gasteiger partial charge in [-0.2, -0.15) is 0 Å². The first-order chi connectivity index (χ1) is 11.5. The summed E-state index contributed by atoms with van der Waals surface area (Å²) in [5.41, 5.74) is -0.0490. The first kappa shape index (κ1) is 18.4. The van der Waals surface area contributed by atoms with E-state index < -0.39 is 11.6 Å². The summed E-state index contributed by atoms with van der Waals surface area (Å²) in [4.78, 5) is 4.04. The molecule has 8 heteroatoms. The van der Waals surface area contributed by atoms with Gasteiger partial charge >= 0.3 is 0 Å². The van der Waals surface area contributed by atoms with Crippen LogP contribution in [0.15, 0.2) is 30.5 Å². The largest absolute Gasteiger partial charge is 0.491 e. The van der Waals surface area contributed by atoms with Gasteiger partial charge in [-0.15, -0.1) is 0 Å². The highest BCUT2D eigenvalue weighted by molar-refractivity contribution is 7.80. The number of rotatable bonds is 6. The van der Waals surface area contributed by atoms with Gasteiger partial charge in [0.15, 0.2) is 22.5 Å². The van der Waals surface area contributed by atoms with E-state index in [-0.39, 0.29) is 29.4 Å². The van der Waals surface area contributed by atoms with Gasteiger partial charge in [-0.05, 0) is 49.8 Å². The van der Waals surface area contributed by atoms with Gasteiger partial charge in [-0.1, -0.05) is 11.6 Å². The average molecular weight is 372 g/mol. The van der Waals surface area contributed by atoms with Crippen LogP contribution < -0.4 is 15.4 Å². The molecule has 2 rings (SSSR count). The monoisotopic (exact) mass is 371 g/mol. The number of pyridine rings is 1. The lowest BCUT2D eigenvalue weighted by Crippen LogP contribution is -2.31. The normalized spacial score (nSPS) is 10.3. The maximum atomic E-state index is 14.2. The molecule has 1 aromatic heterocycles. The number of hydrogen-bond acceptors (Lipinski definition) is 3. The highest BCUT2D eigenvalue weighted by Crippen LogP contribution is 2.23. The third-order valence-corrected chi connectivity index (χ3v) is 3.65. The highest BCUT2D eigenvalue weighted by atomic mass is 35.5. The van der Waals surface area contributed by atoms with Crippen molar-refractivity contribution < 1.29 is 13.5 Å². The number of ether oxygens (including phenoxy) is 1. The second-order valence-corrected chi connectivity index (χ2v) is 5.55. The van der Waals surface area contributed by atoms with Crippen LogP contribution in [0.1, 0.15) is 12.5 Å². The maximum Gasteiger partial charge on any atom is 0.171 e. The van der Waals surface area contributed by atoms with Gasteiger partial charge in [0, 0.05) is 18.3 Å². The van der Waals surface area contributed by atoms with Crippen LogP contribution in [0.5, 0.6) is 5.75 Å². The molecule has 0 fully saturated rings. The van der Waals surface area contributed by atoms with E-state index in [1.165, 1.54) is 12.1 Å². The quantitative estimate of drug-likeness (QED) is 0.753. The van der Waals surface area contributed by atoms with E-state index in [2.05, 4.69) is 15.6 Å². The summed E-state index contributed by atoms with van der Waals surface area (Å²) in [5, 5.41) is 6.36. The van der Waals surface area contributed by atoms with Gasteiger partial charge < -0.3 is 15.4 Å². The number of nitrogens with zero attached hydrogens (tertiary/aromatic N) is 1. The molecule has 0 radical (unpaired) electrons. The first-order valence-electron chi connectivity index (χ1n) is 7.28. The van der Waals surface area contributed by atoms with Crippen LogP contribution in [-0.2, 0) is 6.42 Å². The Morgan fingerprint density at radius 3 is 2.83 bits per heavy atom. The fourth-order valence-electron chi connectivity index (χ4n) is 2.00. The molecule has 2 aromatic rings. The number of thiocarbonyl (C=S) groups is 1. The van der Waals surface area contributed by atoms with Crippen molar-refractivity contribution in [2.75, 3.05) is 18.5 Å². The molecule has 0 amide bonds. The Kier molecular flexibility index (Phi) is 6.69. The first-order valence-corrected chi connectivity index (χ1v) is 8.06. The summed E-state index contributed by atoms with van der Waals surface area (Å²) in [7, 11) is 0. The Balaban J connectivity index is 1.93. The summed E-state index contributed by atoms with van der Waals surface area (Å²) < 4.78 is 33.1. The second kappa shape index (κ2) is 8.75. The van der Waals surface area contributed by atoms with Crippen molar-refractivity contribution in [3.05, 3.63) is 52.7 Å². The van der Waals surface area contributed by atoms with E-state index in [9.17, 15) is 8.78 Å². The molecule has 0 unspecified atom stereocenters. The van der Waals surface area contributed by atoms with Crippen molar-refractivity contribution in [3.63, 3.8) is 0 Å². The number of aromatic nitrogens is 1. The van der Waals surface area contributed by atoms with Crippen LogP contribution in [0.4, 0.5) is 14.6 Å². The summed E-state index contributed by atoms with van der Waals surface area (Å²) in [6.45, 7) is 2.27. The fourth-order valence-corrected chi connectivity index (χ4v) is 2.37. The molecule has 24 heavy (non-hydrogen) atoms. The SMILES string of the molecule is CCOc1ccc(F)c(CCNC(=S)Nc2ncccc2Cl)c1F. The van der Waals surface area contributed by atoms with Crippen LogP contribution >= 0.6 is 23.8 Å². The van der Waals surface area contributed by atoms with Crippen LogP contribution in [0.2, 0.25) is 5.02 Å². The lowest BCUT2D eigenvalue weighted by atomic mass is 10.1. The molecule has 0 aliphatic carbocycles. The van der Waals surface area contributed by atoms with Gasteiger partial charge in [0.2, 0.25) is 0 Å². The standard InChI is InChI=1S/C16H16ClF2N3OS/c1-2-23-13-6-5-12(18)10(14(13)19)7-9-21-16(24)22-15-11(17)4-3-8-20-15/h3-6,8H,2,7,9H2,1H3,(H2,20,21,22,24). The average Bonchev–Trinajstić information content (AvgIpc) is 2.55. The Hall–Kier alpha value is -1.99. The number of hydrogen-bond donors (Lipinski definition) is 2. The van der Waals surface area contributed by atoms with Crippen molar-refractivity contribution in [1.29, 1.82) is 0 Å². The molecule has 1 aromatic carbocycles. The van der Waals surface area contributed by atoms with E-state index in [0.29, 0.717) is 17.4 Å². The zero-order valence-corrected chi connectivity index (χ0v) is 14.5. The van der Waals surface area contributed by atoms with Crippen LogP contribution in [0.3, 0.4) is 0 Å². The van der Waals surface area contributed by atoms with Gasteiger partial charge in [-0.3, -0.25) is 0 Å².